The second kappa shape index (κ2) is 5.11. The van der Waals surface area contributed by atoms with Gasteiger partial charge in [0, 0.05) is 0 Å². The molecule has 0 atom stereocenters. The Morgan fingerprint density at radius 3 is 2.33 bits per heavy atom. The molecule has 0 saturated heterocycles. The maximum atomic E-state index is 11.2. The van der Waals surface area contributed by atoms with Crippen LogP contribution in [0.3, 0.4) is 0 Å². The van der Waals surface area contributed by atoms with E-state index in [9.17, 15) is 8.42 Å². The lowest BCUT2D eigenvalue weighted by Gasteiger charge is -2.28. The maximum absolute atomic E-state index is 11.2. The highest BCUT2D eigenvalue weighted by Gasteiger charge is 2.23. The summed E-state index contributed by atoms with van der Waals surface area (Å²) in [4.78, 5) is -0.0996. The van der Waals surface area contributed by atoms with E-state index in [1.54, 1.807) is 6.92 Å². The molecule has 102 valence electrons. The van der Waals surface area contributed by atoms with Crippen molar-refractivity contribution in [2.24, 2.45) is 5.14 Å². The SMILES string of the molecule is CC(CO)(CO)Nc1cc(S(N)(=O)=O)ccc1N. The Labute approximate surface area is 105 Å². The van der Waals surface area contributed by atoms with Crippen LogP contribution in [0.15, 0.2) is 23.1 Å². The van der Waals surface area contributed by atoms with Gasteiger partial charge in [-0.1, -0.05) is 0 Å². The Morgan fingerprint density at radius 1 is 1.33 bits per heavy atom. The number of nitrogens with one attached hydrogen (secondary N) is 1. The first-order valence-corrected chi connectivity index (χ1v) is 6.69. The average molecular weight is 275 g/mol. The fourth-order valence-electron chi connectivity index (χ4n) is 1.27. The normalized spacial score (nSPS) is 12.4. The van der Waals surface area contributed by atoms with Gasteiger partial charge in [0.1, 0.15) is 0 Å². The molecule has 18 heavy (non-hydrogen) atoms. The zero-order valence-electron chi connectivity index (χ0n) is 9.92. The van der Waals surface area contributed by atoms with Crippen LogP contribution in [0.2, 0.25) is 0 Å². The number of hydrogen-bond donors (Lipinski definition) is 5. The van der Waals surface area contributed by atoms with Gasteiger partial charge in [0.15, 0.2) is 0 Å². The Bertz CT molecular complexity index is 526. The van der Waals surface area contributed by atoms with Crippen LogP contribution in [0.1, 0.15) is 6.92 Å². The first-order valence-electron chi connectivity index (χ1n) is 5.14. The Morgan fingerprint density at radius 2 is 1.89 bits per heavy atom. The smallest absolute Gasteiger partial charge is 0.238 e. The van der Waals surface area contributed by atoms with Gasteiger partial charge in [-0.05, 0) is 25.1 Å². The van der Waals surface area contributed by atoms with E-state index >= 15 is 0 Å². The molecule has 0 aliphatic heterocycles. The largest absolute Gasteiger partial charge is 0.397 e. The predicted octanol–water partition coefficient (Wildman–Crippen LogP) is -0.929. The summed E-state index contributed by atoms with van der Waals surface area (Å²) in [6, 6.07) is 3.93. The molecule has 7 N–H and O–H groups in total. The highest BCUT2D eigenvalue weighted by atomic mass is 32.2. The van der Waals surface area contributed by atoms with Crippen molar-refractivity contribution in [3.63, 3.8) is 0 Å². The molecule has 0 fully saturated rings. The van der Waals surface area contributed by atoms with Crippen molar-refractivity contribution in [3.05, 3.63) is 18.2 Å². The lowest BCUT2D eigenvalue weighted by Crippen LogP contribution is -2.42. The highest BCUT2D eigenvalue weighted by molar-refractivity contribution is 7.89. The third-order valence-corrected chi connectivity index (χ3v) is 3.40. The van der Waals surface area contributed by atoms with E-state index in [4.69, 9.17) is 21.1 Å². The summed E-state index contributed by atoms with van der Waals surface area (Å²) < 4.78 is 22.4. The fourth-order valence-corrected chi connectivity index (χ4v) is 1.81. The number of benzene rings is 1. The van der Waals surface area contributed by atoms with E-state index in [1.807, 2.05) is 0 Å². The third-order valence-electron chi connectivity index (χ3n) is 2.49. The van der Waals surface area contributed by atoms with Crippen molar-refractivity contribution in [1.82, 2.24) is 0 Å². The molecule has 0 amide bonds. The summed E-state index contributed by atoms with van der Waals surface area (Å²) in [5, 5.41) is 26.1. The summed E-state index contributed by atoms with van der Waals surface area (Å²) in [6.07, 6.45) is 0. The molecule has 1 aromatic carbocycles. The number of primary sulfonamides is 1. The first-order chi connectivity index (χ1) is 8.22. The molecule has 0 aliphatic carbocycles. The standard InChI is InChI=1S/C10H17N3O4S/c1-10(5-14,6-15)13-9-4-7(18(12,16)17)2-3-8(9)11/h2-4,13-15H,5-6,11H2,1H3,(H2,12,16,17). The van der Waals surface area contributed by atoms with Gasteiger partial charge >= 0.3 is 0 Å². The van der Waals surface area contributed by atoms with E-state index in [-0.39, 0.29) is 29.5 Å². The number of nitrogens with two attached hydrogens (primary N) is 2. The second-order valence-corrected chi connectivity index (χ2v) is 5.86. The second-order valence-electron chi connectivity index (χ2n) is 4.30. The van der Waals surface area contributed by atoms with E-state index < -0.39 is 15.6 Å². The van der Waals surface area contributed by atoms with Crippen LogP contribution in [0.5, 0.6) is 0 Å². The monoisotopic (exact) mass is 275 g/mol. The quantitative estimate of drug-likeness (QED) is 0.440. The van der Waals surface area contributed by atoms with Crippen molar-refractivity contribution in [2.75, 3.05) is 24.3 Å². The van der Waals surface area contributed by atoms with Gasteiger partial charge in [-0.15, -0.1) is 0 Å². The minimum absolute atomic E-state index is 0.0996. The number of rotatable bonds is 5. The summed E-state index contributed by atoms with van der Waals surface area (Å²) in [6.45, 7) is 0.876. The Kier molecular flexibility index (Phi) is 4.17. The molecule has 1 rings (SSSR count). The van der Waals surface area contributed by atoms with Gasteiger partial charge in [-0.2, -0.15) is 0 Å². The van der Waals surface area contributed by atoms with Gasteiger partial charge < -0.3 is 21.3 Å². The number of anilines is 2. The molecule has 0 aromatic heterocycles. The number of nitrogen functional groups attached to an aromatic ring is 1. The maximum Gasteiger partial charge on any atom is 0.238 e. The Balaban J connectivity index is 3.17. The van der Waals surface area contributed by atoms with Crippen molar-refractivity contribution < 1.29 is 18.6 Å². The van der Waals surface area contributed by atoms with Crippen molar-refractivity contribution in [2.45, 2.75) is 17.4 Å². The van der Waals surface area contributed by atoms with E-state index in [0.717, 1.165) is 0 Å². The van der Waals surface area contributed by atoms with Gasteiger partial charge in [0.25, 0.3) is 0 Å². The van der Waals surface area contributed by atoms with Crippen molar-refractivity contribution in [1.29, 1.82) is 0 Å². The molecule has 0 saturated carbocycles. The van der Waals surface area contributed by atoms with E-state index in [2.05, 4.69) is 5.32 Å². The van der Waals surface area contributed by atoms with Gasteiger partial charge in [0.05, 0.1) is 35.0 Å². The minimum atomic E-state index is -3.83. The molecule has 0 spiro atoms. The molecule has 7 nitrogen and oxygen atoms in total. The number of aliphatic hydroxyl groups excluding tert-OH is 2. The molecule has 0 radical (unpaired) electrons. The fraction of sp³-hybridized carbons (Fsp3) is 0.400. The van der Waals surface area contributed by atoms with Gasteiger partial charge in [-0.25, -0.2) is 13.6 Å². The minimum Gasteiger partial charge on any atom is -0.397 e. The number of hydrogen-bond acceptors (Lipinski definition) is 6. The van der Waals surface area contributed by atoms with Crippen LogP contribution in [0.4, 0.5) is 11.4 Å². The van der Waals surface area contributed by atoms with Crippen molar-refractivity contribution >= 4 is 21.4 Å². The van der Waals surface area contributed by atoms with E-state index in [1.165, 1.54) is 18.2 Å². The molecular formula is C10H17N3O4S. The van der Waals surface area contributed by atoms with Crippen LogP contribution < -0.4 is 16.2 Å². The highest BCUT2D eigenvalue weighted by Crippen LogP contribution is 2.25. The number of aliphatic hydroxyl groups is 2. The van der Waals surface area contributed by atoms with E-state index in [0.29, 0.717) is 0 Å². The van der Waals surface area contributed by atoms with Crippen LogP contribution in [-0.2, 0) is 10.0 Å². The predicted molar refractivity (Wildman–Crippen MR) is 68.4 cm³/mol. The molecule has 1 aromatic rings. The molecular weight excluding hydrogens is 258 g/mol. The lowest BCUT2D eigenvalue weighted by molar-refractivity contribution is 0.147. The molecule has 0 bridgehead atoms. The zero-order chi connectivity index (χ0) is 14.0. The van der Waals surface area contributed by atoms with Gasteiger partial charge in [0.2, 0.25) is 10.0 Å². The average Bonchev–Trinajstić information content (AvgIpc) is 2.30. The summed E-state index contributed by atoms with van der Waals surface area (Å²) in [5.41, 5.74) is 5.25. The molecule has 0 heterocycles. The topological polar surface area (TPSA) is 139 Å². The molecule has 8 heteroatoms. The molecule has 0 aliphatic rings. The first kappa shape index (κ1) is 14.7. The number of sulfonamides is 1. The van der Waals surface area contributed by atoms with Crippen LogP contribution in [0, 0.1) is 0 Å². The zero-order valence-corrected chi connectivity index (χ0v) is 10.7. The summed E-state index contributed by atoms with van der Waals surface area (Å²) >= 11 is 0. The molecule has 0 unspecified atom stereocenters. The van der Waals surface area contributed by atoms with Crippen LogP contribution in [-0.4, -0.2) is 37.4 Å². The summed E-state index contributed by atoms with van der Waals surface area (Å²) in [5.74, 6) is 0. The van der Waals surface area contributed by atoms with Gasteiger partial charge in [-0.3, -0.25) is 0 Å². The third kappa shape index (κ3) is 3.33. The summed E-state index contributed by atoms with van der Waals surface area (Å²) in [7, 11) is -3.83. The lowest BCUT2D eigenvalue weighted by atomic mass is 10.0. The Hall–Kier alpha value is -1.35. The van der Waals surface area contributed by atoms with Crippen LogP contribution >= 0.6 is 0 Å². The van der Waals surface area contributed by atoms with Crippen molar-refractivity contribution in [3.8, 4) is 0 Å². The van der Waals surface area contributed by atoms with Crippen LogP contribution in [0.25, 0.3) is 0 Å².